The topological polar surface area (TPSA) is 9.23 Å². The summed E-state index contributed by atoms with van der Waals surface area (Å²) in [5, 5.41) is 0. The predicted octanol–water partition coefficient (Wildman–Crippen LogP) is 1.36. The first-order chi connectivity index (χ1) is 4.70. The first kappa shape index (κ1) is 10.2. The molecule has 0 aliphatic carbocycles. The molecule has 0 saturated heterocycles. The van der Waals surface area contributed by atoms with E-state index in [1.54, 1.807) is 0 Å². The second-order valence-electron chi connectivity index (χ2n) is 3.36. The highest BCUT2D eigenvalue weighted by Crippen LogP contribution is 2.14. The molecule has 0 aliphatic rings. The second kappa shape index (κ2) is 5.92. The van der Waals surface area contributed by atoms with Gasteiger partial charge in [0, 0.05) is 6.61 Å². The number of hydrogen-bond donors (Lipinski definition) is 0. The smallest absolute Gasteiger partial charge is 0.145 e. The summed E-state index contributed by atoms with van der Waals surface area (Å²) in [5.41, 5.74) is 0. The zero-order valence-corrected chi connectivity index (χ0v) is 9.68. The highest BCUT2D eigenvalue weighted by molar-refractivity contribution is 5.97. The largest absolute Gasteiger partial charge is 0.428 e. The summed E-state index contributed by atoms with van der Waals surface area (Å²) in [6, 6.07) is 0. The molecule has 0 aliphatic heterocycles. The van der Waals surface area contributed by atoms with Gasteiger partial charge in [-0.1, -0.05) is 27.2 Å². The Hall–Kier alpha value is 0.177. The summed E-state index contributed by atoms with van der Waals surface area (Å²) in [5.74, 6) is 1.62. The molecule has 0 spiro atoms. The summed E-state index contributed by atoms with van der Waals surface area (Å²) in [6.45, 7) is 7.78. The Labute approximate surface area is 67.7 Å². The van der Waals surface area contributed by atoms with E-state index < -0.39 is 0 Å². The predicted molar refractivity (Wildman–Crippen MR) is 49.1 cm³/mol. The first-order valence-corrected chi connectivity index (χ1v) is 5.01. The van der Waals surface area contributed by atoms with Gasteiger partial charge < -0.3 is 4.43 Å². The lowest BCUT2D eigenvalue weighted by Crippen LogP contribution is -2.10. The Morgan fingerprint density at radius 1 is 1.40 bits per heavy atom. The zero-order valence-electron chi connectivity index (χ0n) is 7.68. The van der Waals surface area contributed by atoms with E-state index in [9.17, 15) is 0 Å². The molecule has 0 heterocycles. The molecule has 0 bridgehead atoms. The van der Waals surface area contributed by atoms with E-state index in [4.69, 9.17) is 4.43 Å². The summed E-state index contributed by atoms with van der Waals surface area (Å²) < 4.78 is 5.23. The van der Waals surface area contributed by atoms with Gasteiger partial charge in [-0.05, 0) is 18.3 Å². The lowest BCUT2D eigenvalue weighted by atomic mass is 9.96. The van der Waals surface area contributed by atoms with E-state index >= 15 is 0 Å². The van der Waals surface area contributed by atoms with Crippen molar-refractivity contribution in [3.8, 4) is 0 Å². The molecule has 1 nitrogen and oxygen atoms in total. The van der Waals surface area contributed by atoms with Crippen molar-refractivity contribution < 1.29 is 4.43 Å². The van der Waals surface area contributed by atoms with Gasteiger partial charge in [0.05, 0.1) is 0 Å². The highest BCUT2D eigenvalue weighted by atomic mass is 28.2. The maximum absolute atomic E-state index is 5.23. The molecule has 0 aromatic rings. The molecule has 0 radical (unpaired) electrons. The highest BCUT2D eigenvalue weighted by Gasteiger charge is 2.06. The third-order valence-electron chi connectivity index (χ3n) is 1.78. The van der Waals surface area contributed by atoms with Crippen LogP contribution >= 0.6 is 0 Å². The minimum absolute atomic E-state index is 0.803. The van der Waals surface area contributed by atoms with E-state index in [2.05, 4.69) is 20.8 Å². The van der Waals surface area contributed by atoms with E-state index in [-0.39, 0.29) is 0 Å². The molecule has 0 aromatic heterocycles. The van der Waals surface area contributed by atoms with Crippen molar-refractivity contribution in [3.63, 3.8) is 0 Å². The van der Waals surface area contributed by atoms with Gasteiger partial charge in [-0.25, -0.2) is 0 Å². The van der Waals surface area contributed by atoms with Gasteiger partial charge in [-0.3, -0.25) is 0 Å². The lowest BCUT2D eigenvalue weighted by Gasteiger charge is -2.15. The SMILES string of the molecule is CCC(CO[SiH3])CC(C)C. The molecular weight excluding hydrogens is 140 g/mol. The van der Waals surface area contributed by atoms with E-state index in [1.165, 1.54) is 12.8 Å². The number of hydrogen-bond acceptors (Lipinski definition) is 1. The van der Waals surface area contributed by atoms with Crippen molar-refractivity contribution in [3.05, 3.63) is 0 Å². The van der Waals surface area contributed by atoms with Crippen LogP contribution in [0.4, 0.5) is 0 Å². The van der Waals surface area contributed by atoms with Crippen LogP contribution in [0.15, 0.2) is 0 Å². The minimum Gasteiger partial charge on any atom is -0.428 e. The van der Waals surface area contributed by atoms with Crippen LogP contribution < -0.4 is 0 Å². The van der Waals surface area contributed by atoms with Crippen LogP contribution in [0.2, 0.25) is 0 Å². The Kier molecular flexibility index (Phi) is 6.03. The quantitative estimate of drug-likeness (QED) is 0.552. The van der Waals surface area contributed by atoms with Gasteiger partial charge in [0.2, 0.25) is 0 Å². The first-order valence-electron chi connectivity index (χ1n) is 4.19. The maximum Gasteiger partial charge on any atom is 0.145 e. The Morgan fingerprint density at radius 2 is 2.00 bits per heavy atom. The summed E-state index contributed by atoms with van der Waals surface area (Å²) >= 11 is 0. The standard InChI is InChI=1S/C8H20OSi/c1-4-8(6-9-10)5-7(2)3/h7-8H,4-6H2,1-3,10H3. The van der Waals surface area contributed by atoms with Crippen LogP contribution in [0.1, 0.15) is 33.6 Å². The van der Waals surface area contributed by atoms with Gasteiger partial charge in [0.1, 0.15) is 10.5 Å². The molecule has 0 fully saturated rings. The van der Waals surface area contributed by atoms with Crippen LogP contribution in [-0.2, 0) is 4.43 Å². The average Bonchev–Trinajstić information content (AvgIpc) is 1.86. The van der Waals surface area contributed by atoms with Gasteiger partial charge in [0.25, 0.3) is 0 Å². The Morgan fingerprint density at radius 3 is 2.30 bits per heavy atom. The fourth-order valence-corrected chi connectivity index (χ4v) is 1.73. The van der Waals surface area contributed by atoms with Crippen LogP contribution in [0.5, 0.6) is 0 Å². The minimum atomic E-state index is 0.803. The van der Waals surface area contributed by atoms with Crippen molar-refractivity contribution in [2.45, 2.75) is 33.6 Å². The summed E-state index contributed by atoms with van der Waals surface area (Å²) in [6.07, 6.45) is 2.58. The lowest BCUT2D eigenvalue weighted by molar-refractivity contribution is 0.238. The van der Waals surface area contributed by atoms with Crippen LogP contribution in [0.3, 0.4) is 0 Å². The molecule has 10 heavy (non-hydrogen) atoms. The second-order valence-corrected chi connectivity index (χ2v) is 3.94. The summed E-state index contributed by atoms with van der Waals surface area (Å²) in [4.78, 5) is 0. The fraction of sp³-hybridized carbons (Fsp3) is 1.00. The molecule has 0 N–H and O–H groups in total. The van der Waals surface area contributed by atoms with Crippen molar-refractivity contribution in [2.24, 2.45) is 11.8 Å². The monoisotopic (exact) mass is 160 g/mol. The molecule has 2 heteroatoms. The average molecular weight is 160 g/mol. The molecule has 1 unspecified atom stereocenters. The van der Waals surface area contributed by atoms with Crippen LogP contribution in [-0.4, -0.2) is 17.1 Å². The van der Waals surface area contributed by atoms with Crippen molar-refractivity contribution in [1.82, 2.24) is 0 Å². The van der Waals surface area contributed by atoms with Crippen LogP contribution in [0, 0.1) is 11.8 Å². The van der Waals surface area contributed by atoms with Crippen molar-refractivity contribution >= 4 is 10.5 Å². The van der Waals surface area contributed by atoms with Gasteiger partial charge in [-0.15, -0.1) is 0 Å². The van der Waals surface area contributed by atoms with Gasteiger partial charge >= 0.3 is 0 Å². The van der Waals surface area contributed by atoms with Gasteiger partial charge in [0.15, 0.2) is 0 Å². The molecule has 62 valence electrons. The van der Waals surface area contributed by atoms with Crippen LogP contribution in [0.25, 0.3) is 0 Å². The van der Waals surface area contributed by atoms with Gasteiger partial charge in [-0.2, -0.15) is 0 Å². The summed E-state index contributed by atoms with van der Waals surface area (Å²) in [7, 11) is 0.892. The molecule has 0 amide bonds. The van der Waals surface area contributed by atoms with E-state index in [0.29, 0.717) is 0 Å². The number of rotatable bonds is 5. The molecule has 0 rings (SSSR count). The Bertz CT molecular complexity index is 73.7. The van der Waals surface area contributed by atoms with Crippen molar-refractivity contribution in [2.75, 3.05) is 6.61 Å². The zero-order chi connectivity index (χ0) is 7.98. The third kappa shape index (κ3) is 5.00. The normalized spacial score (nSPS) is 14.4. The molecule has 1 atom stereocenters. The molecular formula is C8H20OSi. The Balaban J connectivity index is 3.39. The molecule has 0 saturated carbocycles. The fourth-order valence-electron chi connectivity index (χ4n) is 1.25. The van der Waals surface area contributed by atoms with E-state index in [0.717, 1.165) is 28.9 Å². The van der Waals surface area contributed by atoms with Crippen molar-refractivity contribution in [1.29, 1.82) is 0 Å². The van der Waals surface area contributed by atoms with E-state index in [1.807, 2.05) is 0 Å². The maximum atomic E-state index is 5.23. The molecule has 0 aromatic carbocycles. The third-order valence-corrected chi connectivity index (χ3v) is 2.12.